The zero-order valence-corrected chi connectivity index (χ0v) is 16.6. The first-order valence-corrected chi connectivity index (χ1v) is 0. The Labute approximate surface area is 271 Å². The second-order valence-electron chi connectivity index (χ2n) is 0. The van der Waals surface area contributed by atoms with Crippen LogP contribution in [0, 0.1) is 247 Å². The Morgan fingerprint density at radius 1 is 0.273 bits per heavy atom. The molecule has 0 saturated heterocycles. The number of rotatable bonds is 0. The van der Waals surface area contributed by atoms with E-state index >= 15 is 0 Å². The van der Waals surface area contributed by atoms with Crippen molar-refractivity contribution in [1.29, 1.82) is 0 Å². The molecule has 0 spiro atoms. The van der Waals surface area contributed by atoms with Gasteiger partial charge in [0.25, 0.3) is 0 Å². The summed E-state index contributed by atoms with van der Waals surface area (Å²) in [6, 6.07) is 0. The Bertz CT molecular complexity index is 16.9. The van der Waals surface area contributed by atoms with Gasteiger partial charge in [-0.3, -0.25) is 0 Å². The Morgan fingerprint density at radius 2 is 0.273 bits per heavy atom. The van der Waals surface area contributed by atoms with Gasteiger partial charge in [0, 0.05) is 0 Å². The Hall–Kier alpha value is 7.68. The molecule has 0 aliphatic rings. The molecule has 11 heteroatoms. The molecule has 0 atom stereocenters. The molecule has 0 heterocycles. The first kappa shape index (κ1) is 99.0. The van der Waals surface area contributed by atoms with Crippen LogP contribution in [0.1, 0.15) is 0 Å². The predicted molar refractivity (Wildman–Crippen MR) is 12.1 cm³/mol. The van der Waals surface area contributed by atoms with Gasteiger partial charge in [0.15, 0.2) is 0 Å². The maximum absolute atomic E-state index is 0. The van der Waals surface area contributed by atoms with E-state index in [0.717, 1.165) is 0 Å². The summed E-state index contributed by atoms with van der Waals surface area (Å²) >= 11 is 0. The van der Waals surface area contributed by atoms with Gasteiger partial charge in [0.1, 0.15) is 0 Å². The van der Waals surface area contributed by atoms with Crippen molar-refractivity contribution in [2.24, 2.45) is 0 Å². The summed E-state index contributed by atoms with van der Waals surface area (Å²) in [5.74, 6) is 0. The van der Waals surface area contributed by atoms with Crippen LogP contribution in [0.25, 0.3) is 18.5 Å². The minimum atomic E-state index is 0. The number of nitrogens with zero attached hydrogens (tertiary/aromatic N) is 3. The molecule has 0 aromatic heterocycles. The third kappa shape index (κ3) is 73.7. The van der Waals surface area contributed by atoms with Crippen LogP contribution in [0.15, 0.2) is 0 Å². The van der Waals surface area contributed by atoms with E-state index in [-0.39, 0.29) is 282 Å². The summed E-state index contributed by atoms with van der Waals surface area (Å²) in [7, 11) is 0. The molecule has 68 valence electrons. The van der Waals surface area contributed by atoms with Gasteiger partial charge >= 0.3 is 247 Å². The summed E-state index contributed by atoms with van der Waals surface area (Å²) in [6.07, 6.45) is 0. The van der Waals surface area contributed by atoms with E-state index in [0.29, 0.717) is 0 Å². The molecule has 0 aliphatic heterocycles. The van der Waals surface area contributed by atoms with Gasteiger partial charge in [-0.05, 0) is 0 Å². The molecule has 0 N–H and O–H groups in total. The Kier molecular flexibility index (Phi) is 750. The van der Waals surface area contributed by atoms with E-state index in [9.17, 15) is 0 Å². The molecule has 6 nitrogen and oxygen atoms in total. The average Bonchev–Trinajstić information content (AvgIpc) is 0. The van der Waals surface area contributed by atoms with Crippen LogP contribution in [-0.4, -0.2) is 0 Å². The molecule has 0 unspecified atom stereocenters. The molecule has 0 fully saturated rings. The van der Waals surface area contributed by atoms with Gasteiger partial charge in [-0.2, -0.15) is 0 Å². The van der Waals surface area contributed by atoms with Crippen molar-refractivity contribution in [3.63, 3.8) is 0 Å². The van der Waals surface area contributed by atoms with Crippen molar-refractivity contribution in [1.82, 2.24) is 0 Å². The van der Waals surface area contributed by atoms with E-state index in [2.05, 4.69) is 0 Å². The van der Waals surface area contributed by atoms with E-state index in [4.69, 9.17) is 0 Å². The quantitative estimate of drug-likeness (QED) is 0.331. The van der Waals surface area contributed by atoms with Crippen LogP contribution in [0.3, 0.4) is 0 Å². The molecule has 0 amide bonds. The van der Waals surface area contributed by atoms with Gasteiger partial charge < -0.3 is 34.9 Å². The average molecular weight is 850 g/mol. The van der Waals surface area contributed by atoms with Crippen molar-refractivity contribution in [3.05, 3.63) is 18.5 Å². The molecule has 0 bridgehead atoms. The second kappa shape index (κ2) is 83.4. The second-order valence-corrected chi connectivity index (χ2v) is 0. The maximum Gasteiger partial charge on any atom is 3.00 e. The largest absolute Gasteiger partial charge is 3.00 e. The molecule has 11 heavy (non-hydrogen) atoms. The minimum absolute atomic E-state index is 0. The fourth-order valence-electron chi connectivity index (χ4n) is 0. The molecule has 0 aromatic rings. The summed E-state index contributed by atoms with van der Waals surface area (Å²) in [4.78, 5) is 0. The van der Waals surface area contributed by atoms with Crippen LogP contribution >= 0.6 is 0 Å². The first-order valence-electron chi connectivity index (χ1n) is 0. The van der Waals surface area contributed by atoms with E-state index < -0.39 is 0 Å². The summed E-state index contributed by atoms with van der Waals surface area (Å²) < 4.78 is 0. The van der Waals surface area contributed by atoms with E-state index in [1.807, 2.05) is 0 Å². The number of hydrogen-bond donors (Lipinski definition) is 0. The summed E-state index contributed by atoms with van der Waals surface area (Å²) in [5.41, 5.74) is 0. The van der Waals surface area contributed by atoms with E-state index in [1.54, 1.807) is 0 Å². The van der Waals surface area contributed by atoms with Crippen LogP contribution in [-0.2, 0) is 16.4 Å². The maximum atomic E-state index is 0. The summed E-state index contributed by atoms with van der Waals surface area (Å²) in [6.45, 7) is 0. The molecule has 0 radical (unpaired) electrons. The van der Waals surface area contributed by atoms with Crippen molar-refractivity contribution in [2.75, 3.05) is 0 Å². The summed E-state index contributed by atoms with van der Waals surface area (Å²) in [5, 5.41) is 0. The van der Waals surface area contributed by atoms with Crippen molar-refractivity contribution in [3.8, 4) is 0 Å². The molecular weight excluding hydrogens is 850 g/mol. The van der Waals surface area contributed by atoms with Gasteiger partial charge in [-0.15, -0.1) is 0 Å². The molecule has 0 saturated carbocycles. The zero-order chi connectivity index (χ0) is 0. The van der Waals surface area contributed by atoms with Crippen LogP contribution < -0.4 is 0 Å². The third-order valence-corrected chi connectivity index (χ3v) is 0. The van der Waals surface area contributed by atoms with Gasteiger partial charge in [0.05, 0.1) is 0 Å². The number of hydrogen-bond acceptors (Lipinski definition) is 0. The van der Waals surface area contributed by atoms with Crippen molar-refractivity contribution >= 4 is 0 Å². The van der Waals surface area contributed by atoms with Crippen LogP contribution in [0.4, 0.5) is 0 Å². The van der Waals surface area contributed by atoms with Crippen molar-refractivity contribution in [2.45, 2.75) is 0 Å². The fraction of sp³-hybridized carbons (Fsp3) is 0. The van der Waals surface area contributed by atoms with E-state index in [1.165, 1.54) is 0 Å². The van der Waals surface area contributed by atoms with Gasteiger partial charge in [-0.25, -0.2) is 0 Å². The third-order valence-electron chi connectivity index (χ3n) is 0. The molecule has 0 aliphatic carbocycles. The Morgan fingerprint density at radius 3 is 0.273 bits per heavy atom. The zero-order valence-electron chi connectivity index (χ0n) is 4.46. The fourth-order valence-corrected chi connectivity index (χ4v) is 0. The smallest absolute Gasteiger partial charge is 3.00 e. The minimum Gasteiger partial charge on any atom is -3.00 e. The SMILES string of the molecule is [Eu+3].[Eu+3].[Eu+3].[Eu+3].[Eu+3].[N-3].[N-3].[N-3].[O-2].[O-2].[O-2]. The predicted octanol–water partition coefficient (Wildman–Crippen LogP) is 0.510. The standard InChI is InChI=1S/5Eu.3N.3O/q5*+3;3*-3;3*-2. The first-order chi connectivity index (χ1) is 0. The van der Waals surface area contributed by atoms with Crippen molar-refractivity contribution < 1.29 is 263 Å². The van der Waals surface area contributed by atoms with Gasteiger partial charge in [-0.1, -0.05) is 0 Å². The monoisotopic (exact) mass is 855 g/mol. The van der Waals surface area contributed by atoms with Gasteiger partial charge in [0.2, 0.25) is 0 Å². The van der Waals surface area contributed by atoms with Crippen LogP contribution in [0.5, 0.6) is 0 Å². The molecular formula is Eu5N3O3. The molecule has 0 rings (SSSR count). The normalized spacial score (nSPS) is 0. The van der Waals surface area contributed by atoms with Crippen LogP contribution in [0.2, 0.25) is 0 Å². The topological polar surface area (TPSA) is 177 Å². The Balaban J connectivity index is 0. The molecule has 0 aromatic carbocycles.